The predicted molar refractivity (Wildman–Crippen MR) is 183 cm³/mol. The molecule has 0 atom stereocenters. The van der Waals surface area contributed by atoms with Crippen LogP contribution in [0.2, 0.25) is 0 Å². The van der Waals surface area contributed by atoms with Gasteiger partial charge in [0.05, 0.1) is 22.4 Å². The van der Waals surface area contributed by atoms with E-state index in [-0.39, 0.29) is 0 Å². The standard InChI is InChI=1S/C39H3F9N14/c1-10-28(40)14(5-52)58-37(57-10)11(2-49)19-31(43)22-23(32(19)44)25-27(36(48)21(34(25)46)13(4-51)39-61-17(8-55)30(42)18(9-56)62-39)26-24(22)33(45)20(35(26)47)12(3-50)38-59-15(6-53)29(41)16(7-54)60-38/h1H3/b19-11-,20-12+,21-13-. The number of nitriles is 8. The zero-order valence-electron chi connectivity index (χ0n) is 29.7. The molecule has 0 saturated carbocycles. The minimum absolute atomic E-state index is 0.632. The van der Waals surface area contributed by atoms with Crippen LogP contribution in [0.5, 0.6) is 0 Å². The number of hydrogen-bond donors (Lipinski definition) is 0. The van der Waals surface area contributed by atoms with Gasteiger partial charge in [0.15, 0.2) is 63.4 Å². The third-order valence-electron chi connectivity index (χ3n) is 9.14. The summed E-state index contributed by atoms with van der Waals surface area (Å²) in [4.78, 5) is 20.7. The van der Waals surface area contributed by atoms with Crippen LogP contribution in [0.15, 0.2) is 16.7 Å². The Labute approximate surface area is 335 Å². The van der Waals surface area contributed by atoms with Gasteiger partial charge in [-0.05, 0) is 6.92 Å². The fourth-order valence-electron chi connectivity index (χ4n) is 6.58. The SMILES string of the molecule is Cc1nc(/C(C#N)=C2/C(F)=c3c4c(c5c(c3=C2F)=C(F)/C(=C(\C#N)c2nc(C#N)c(F)c(C#N)n2)C=5F)=C(F)/C(=C(\C#N)c2nc(C#N)c(F)c(C#N)n2)C=4F)nc(C#N)c1F. The average molecular weight is 839 g/mol. The first-order valence-electron chi connectivity index (χ1n) is 16.2. The van der Waals surface area contributed by atoms with Crippen molar-refractivity contribution >= 4 is 51.7 Å². The molecule has 0 spiro atoms. The van der Waals surface area contributed by atoms with Crippen LogP contribution in [0.3, 0.4) is 0 Å². The predicted octanol–water partition coefficient (Wildman–Crippen LogP) is 1.58. The number of benzene rings is 1. The van der Waals surface area contributed by atoms with Crippen molar-refractivity contribution in [2.75, 3.05) is 0 Å². The van der Waals surface area contributed by atoms with E-state index in [1.807, 2.05) is 0 Å². The van der Waals surface area contributed by atoms with E-state index in [0.717, 1.165) is 6.92 Å². The molecule has 0 radical (unpaired) electrons. The lowest BCUT2D eigenvalue weighted by Crippen LogP contribution is -2.64. The first-order chi connectivity index (χ1) is 29.6. The molecule has 0 N–H and O–H groups in total. The van der Waals surface area contributed by atoms with Gasteiger partial charge in [0.1, 0.15) is 100 Å². The van der Waals surface area contributed by atoms with Crippen molar-refractivity contribution in [2.24, 2.45) is 0 Å². The van der Waals surface area contributed by atoms with Crippen molar-refractivity contribution in [3.63, 3.8) is 0 Å². The molecule has 0 saturated heterocycles. The van der Waals surface area contributed by atoms with Crippen LogP contribution in [-0.2, 0) is 0 Å². The van der Waals surface area contributed by atoms with Crippen LogP contribution in [-0.4, -0.2) is 29.9 Å². The van der Waals surface area contributed by atoms with Crippen LogP contribution in [0.1, 0.15) is 51.6 Å². The van der Waals surface area contributed by atoms with Gasteiger partial charge in [-0.1, -0.05) is 0 Å². The maximum atomic E-state index is 17.0. The van der Waals surface area contributed by atoms with E-state index in [4.69, 9.17) is 0 Å². The Kier molecular flexibility index (Phi) is 9.47. The van der Waals surface area contributed by atoms with Gasteiger partial charge in [-0.3, -0.25) is 0 Å². The Morgan fingerprint density at radius 2 is 0.548 bits per heavy atom. The molecule has 0 bridgehead atoms. The number of aryl methyl sites for hydroxylation is 1. The van der Waals surface area contributed by atoms with E-state index in [1.165, 1.54) is 48.6 Å². The fraction of sp³-hybridized carbons (Fsp3) is 0.0256. The van der Waals surface area contributed by atoms with Gasteiger partial charge in [0.25, 0.3) is 0 Å². The lowest BCUT2D eigenvalue weighted by molar-refractivity contribution is 0.595. The van der Waals surface area contributed by atoms with E-state index in [1.54, 1.807) is 0 Å². The fourth-order valence-corrected chi connectivity index (χ4v) is 6.58. The Balaban J connectivity index is 1.81. The van der Waals surface area contributed by atoms with Crippen LogP contribution >= 0.6 is 0 Å². The smallest absolute Gasteiger partial charge is 0.196 e. The normalized spacial score (nSPS) is 15.8. The minimum atomic E-state index is -2.10. The Bertz CT molecular complexity index is 3570. The first-order valence-corrected chi connectivity index (χ1v) is 16.2. The molecular formula is C39H3F9N14. The molecule has 0 amide bonds. The molecule has 23 heteroatoms. The monoisotopic (exact) mass is 838 g/mol. The van der Waals surface area contributed by atoms with Crippen molar-refractivity contribution < 1.29 is 39.5 Å². The van der Waals surface area contributed by atoms with E-state index in [2.05, 4.69) is 29.9 Å². The highest BCUT2D eigenvalue weighted by molar-refractivity contribution is 6.04. The molecule has 1 aromatic carbocycles. The van der Waals surface area contributed by atoms with Crippen LogP contribution in [0, 0.1) is 115 Å². The van der Waals surface area contributed by atoms with Crippen molar-refractivity contribution in [3.05, 3.63) is 117 Å². The summed E-state index contributed by atoms with van der Waals surface area (Å²) in [5, 5.41) is 68.2. The number of allylic oxidation sites excluding steroid dienone is 6. The number of nitrogens with zero attached hydrogens (tertiary/aromatic N) is 14. The van der Waals surface area contributed by atoms with E-state index >= 15 is 26.3 Å². The number of fused-ring (bicyclic) bond motifs is 6. The molecule has 4 aromatic rings. The quantitative estimate of drug-likeness (QED) is 0.210. The molecule has 7 rings (SSSR count). The molecular weight excluding hydrogens is 836 g/mol. The molecule has 0 aliphatic heterocycles. The van der Waals surface area contributed by atoms with Gasteiger partial charge in [0.2, 0.25) is 0 Å². The second kappa shape index (κ2) is 14.5. The third-order valence-corrected chi connectivity index (χ3v) is 9.14. The summed E-state index contributed by atoms with van der Waals surface area (Å²) >= 11 is 0. The van der Waals surface area contributed by atoms with Crippen LogP contribution in [0.25, 0.3) is 51.7 Å². The zero-order chi connectivity index (χ0) is 45.2. The van der Waals surface area contributed by atoms with Gasteiger partial charge in [-0.15, -0.1) is 0 Å². The molecule has 292 valence electrons. The highest BCUT2D eigenvalue weighted by Crippen LogP contribution is 2.36. The average Bonchev–Trinajstić information content (AvgIpc) is 3.78. The third kappa shape index (κ3) is 5.38. The Morgan fingerprint density at radius 1 is 0.339 bits per heavy atom. The molecule has 3 aliphatic carbocycles. The van der Waals surface area contributed by atoms with Crippen LogP contribution in [0.4, 0.5) is 39.5 Å². The topological polar surface area (TPSA) is 268 Å². The van der Waals surface area contributed by atoms with E-state index < -0.39 is 169 Å². The van der Waals surface area contributed by atoms with Crippen molar-refractivity contribution in [1.29, 1.82) is 42.1 Å². The lowest BCUT2D eigenvalue weighted by Gasteiger charge is -2.06. The molecule has 0 fully saturated rings. The van der Waals surface area contributed by atoms with Gasteiger partial charge in [0, 0.05) is 31.3 Å². The molecule has 3 aromatic heterocycles. The molecule has 3 heterocycles. The Morgan fingerprint density at radius 3 is 0.758 bits per heavy atom. The molecule has 0 unspecified atom stereocenters. The van der Waals surface area contributed by atoms with Gasteiger partial charge < -0.3 is 0 Å². The molecule has 14 nitrogen and oxygen atoms in total. The maximum absolute atomic E-state index is 17.0. The zero-order valence-corrected chi connectivity index (χ0v) is 29.7. The molecule has 62 heavy (non-hydrogen) atoms. The number of aromatic nitrogens is 6. The van der Waals surface area contributed by atoms with Gasteiger partial charge in [-0.25, -0.2) is 69.4 Å². The summed E-state index contributed by atoms with van der Waals surface area (Å²) < 4.78 is 146. The van der Waals surface area contributed by atoms with Crippen molar-refractivity contribution in [3.8, 4) is 48.6 Å². The highest BCUT2D eigenvalue weighted by Gasteiger charge is 2.39. The number of hydrogen-bond acceptors (Lipinski definition) is 14. The highest BCUT2D eigenvalue weighted by atomic mass is 19.2. The maximum Gasteiger partial charge on any atom is 0.196 e. The largest absolute Gasteiger partial charge is 0.230 e. The van der Waals surface area contributed by atoms with E-state index in [9.17, 15) is 55.3 Å². The second-order valence-corrected chi connectivity index (χ2v) is 12.2. The summed E-state index contributed by atoms with van der Waals surface area (Å²) in [6, 6.07) is 10.1. The van der Waals surface area contributed by atoms with Crippen LogP contribution < -0.4 is 31.3 Å². The first kappa shape index (κ1) is 40.4. The summed E-state index contributed by atoms with van der Waals surface area (Å²) in [6.07, 6.45) is 0. The summed E-state index contributed by atoms with van der Waals surface area (Å²) in [5.74, 6) is -20.5. The number of rotatable bonds is 3. The summed E-state index contributed by atoms with van der Waals surface area (Å²) in [7, 11) is 0. The van der Waals surface area contributed by atoms with Gasteiger partial charge >= 0.3 is 0 Å². The lowest BCUT2D eigenvalue weighted by atomic mass is 10.1. The van der Waals surface area contributed by atoms with Crippen molar-refractivity contribution in [2.45, 2.75) is 6.92 Å². The Hall–Kier alpha value is -9.81. The number of halogens is 9. The van der Waals surface area contributed by atoms with E-state index in [0.29, 0.717) is 0 Å². The second-order valence-electron chi connectivity index (χ2n) is 12.2. The van der Waals surface area contributed by atoms with Gasteiger partial charge in [-0.2, -0.15) is 42.1 Å². The minimum Gasteiger partial charge on any atom is -0.230 e. The molecule has 3 aliphatic rings. The van der Waals surface area contributed by atoms with Crippen molar-refractivity contribution in [1.82, 2.24) is 29.9 Å². The summed E-state index contributed by atoms with van der Waals surface area (Å²) in [5.41, 5.74) is -15.4. The summed E-state index contributed by atoms with van der Waals surface area (Å²) in [6.45, 7) is 0.964.